The summed E-state index contributed by atoms with van der Waals surface area (Å²) in [7, 11) is 0. The standard InChI is InChI=1S/C18H23FN4O2/c1-14(25-16-6-3-2-5-15(16)19)13-21-17(24)18(7-10-20-11-8-18)23-12-4-9-22-23/h2-6,9,12,14,20H,7-8,10-11,13H2,1H3,(H,21,24). The van der Waals surface area contributed by atoms with E-state index in [0.29, 0.717) is 19.4 Å². The molecule has 1 fully saturated rings. The van der Waals surface area contributed by atoms with Crippen LogP contribution < -0.4 is 15.4 Å². The molecule has 0 radical (unpaired) electrons. The fourth-order valence-electron chi connectivity index (χ4n) is 3.12. The minimum atomic E-state index is -0.688. The SMILES string of the molecule is CC(CNC(=O)C1(n2cccn2)CCNCC1)Oc1ccccc1F. The first-order valence-electron chi connectivity index (χ1n) is 8.52. The smallest absolute Gasteiger partial charge is 0.248 e. The summed E-state index contributed by atoms with van der Waals surface area (Å²) in [5, 5.41) is 10.5. The van der Waals surface area contributed by atoms with E-state index in [9.17, 15) is 9.18 Å². The van der Waals surface area contributed by atoms with Gasteiger partial charge in [0.15, 0.2) is 11.6 Å². The lowest BCUT2D eigenvalue weighted by Crippen LogP contribution is -2.55. The number of piperidine rings is 1. The van der Waals surface area contributed by atoms with Crippen molar-refractivity contribution in [2.45, 2.75) is 31.4 Å². The van der Waals surface area contributed by atoms with E-state index in [-0.39, 0.29) is 17.8 Å². The third-order valence-corrected chi connectivity index (χ3v) is 4.51. The number of para-hydroxylation sites is 1. The third kappa shape index (κ3) is 3.82. The van der Waals surface area contributed by atoms with Gasteiger partial charge in [0, 0.05) is 12.4 Å². The highest BCUT2D eigenvalue weighted by molar-refractivity contribution is 5.84. The molecule has 1 atom stereocenters. The molecule has 6 nitrogen and oxygen atoms in total. The van der Waals surface area contributed by atoms with Crippen molar-refractivity contribution in [3.05, 3.63) is 48.5 Å². The van der Waals surface area contributed by atoms with Crippen LogP contribution in [0.1, 0.15) is 19.8 Å². The zero-order valence-electron chi connectivity index (χ0n) is 14.2. The second kappa shape index (κ2) is 7.65. The van der Waals surface area contributed by atoms with E-state index in [4.69, 9.17) is 4.74 Å². The van der Waals surface area contributed by atoms with Crippen LogP contribution in [0.4, 0.5) is 4.39 Å². The van der Waals surface area contributed by atoms with Gasteiger partial charge in [-0.25, -0.2) is 4.39 Å². The molecule has 1 unspecified atom stereocenters. The Balaban J connectivity index is 1.63. The van der Waals surface area contributed by atoms with Crippen LogP contribution in [0, 0.1) is 5.82 Å². The van der Waals surface area contributed by atoms with Gasteiger partial charge in [-0.3, -0.25) is 9.48 Å². The van der Waals surface area contributed by atoms with Crippen molar-refractivity contribution >= 4 is 5.91 Å². The van der Waals surface area contributed by atoms with Gasteiger partial charge in [-0.05, 0) is 51.1 Å². The van der Waals surface area contributed by atoms with E-state index in [1.54, 1.807) is 36.0 Å². The van der Waals surface area contributed by atoms with Crippen molar-refractivity contribution in [2.75, 3.05) is 19.6 Å². The Bertz CT molecular complexity index is 699. The van der Waals surface area contributed by atoms with E-state index in [0.717, 1.165) is 13.1 Å². The molecular formula is C18H23FN4O2. The highest BCUT2D eigenvalue weighted by atomic mass is 19.1. The van der Waals surface area contributed by atoms with Crippen molar-refractivity contribution in [1.29, 1.82) is 0 Å². The van der Waals surface area contributed by atoms with E-state index in [1.807, 2.05) is 12.3 Å². The number of benzene rings is 1. The number of nitrogens with one attached hydrogen (secondary N) is 2. The molecule has 0 aliphatic carbocycles. The second-order valence-electron chi connectivity index (χ2n) is 6.30. The molecule has 7 heteroatoms. The van der Waals surface area contributed by atoms with Gasteiger partial charge in [0.25, 0.3) is 0 Å². The molecule has 1 aliphatic heterocycles. The van der Waals surface area contributed by atoms with Gasteiger partial charge in [-0.15, -0.1) is 0 Å². The molecular weight excluding hydrogens is 323 g/mol. The van der Waals surface area contributed by atoms with Crippen LogP contribution in [-0.2, 0) is 10.3 Å². The molecule has 1 aliphatic rings. The number of ether oxygens (including phenoxy) is 1. The lowest BCUT2D eigenvalue weighted by Gasteiger charge is -2.36. The maximum atomic E-state index is 13.7. The Hall–Kier alpha value is -2.41. The topological polar surface area (TPSA) is 68.2 Å². The average Bonchev–Trinajstić information content (AvgIpc) is 3.17. The summed E-state index contributed by atoms with van der Waals surface area (Å²) in [6, 6.07) is 8.07. The van der Waals surface area contributed by atoms with Crippen LogP contribution in [-0.4, -0.2) is 41.4 Å². The first kappa shape index (κ1) is 17.4. The maximum Gasteiger partial charge on any atom is 0.248 e. The van der Waals surface area contributed by atoms with E-state index in [2.05, 4.69) is 15.7 Å². The first-order valence-corrected chi connectivity index (χ1v) is 8.52. The fraction of sp³-hybridized carbons (Fsp3) is 0.444. The minimum absolute atomic E-state index is 0.0818. The molecule has 2 heterocycles. The summed E-state index contributed by atoms with van der Waals surface area (Å²) in [5.41, 5.74) is -0.688. The van der Waals surface area contributed by atoms with Crippen LogP contribution >= 0.6 is 0 Å². The van der Waals surface area contributed by atoms with Crippen LogP contribution in [0.2, 0.25) is 0 Å². The van der Waals surface area contributed by atoms with Gasteiger partial charge in [0.05, 0.1) is 6.54 Å². The number of hydrogen-bond donors (Lipinski definition) is 2. The molecule has 1 aromatic heterocycles. The van der Waals surface area contributed by atoms with Gasteiger partial charge in [-0.2, -0.15) is 5.10 Å². The van der Waals surface area contributed by atoms with E-state index >= 15 is 0 Å². The first-order chi connectivity index (χ1) is 12.1. The lowest BCUT2D eigenvalue weighted by molar-refractivity contribution is -0.132. The number of aromatic nitrogens is 2. The highest BCUT2D eigenvalue weighted by Gasteiger charge is 2.41. The lowest BCUT2D eigenvalue weighted by atomic mass is 9.87. The Labute approximate surface area is 146 Å². The van der Waals surface area contributed by atoms with Gasteiger partial charge >= 0.3 is 0 Å². The molecule has 0 spiro atoms. The number of nitrogens with zero attached hydrogens (tertiary/aromatic N) is 2. The second-order valence-corrected chi connectivity index (χ2v) is 6.30. The summed E-state index contributed by atoms with van der Waals surface area (Å²) in [6.07, 6.45) is 4.49. The van der Waals surface area contributed by atoms with Crippen molar-refractivity contribution in [2.24, 2.45) is 0 Å². The minimum Gasteiger partial charge on any atom is -0.486 e. The maximum absolute atomic E-state index is 13.7. The molecule has 1 saturated heterocycles. The van der Waals surface area contributed by atoms with Gasteiger partial charge in [-0.1, -0.05) is 12.1 Å². The van der Waals surface area contributed by atoms with E-state index < -0.39 is 11.4 Å². The molecule has 0 saturated carbocycles. The number of carbonyl (C=O) groups excluding carboxylic acids is 1. The molecule has 1 aromatic carbocycles. The van der Waals surface area contributed by atoms with Crippen molar-refractivity contribution in [3.63, 3.8) is 0 Å². The Kier molecular flexibility index (Phi) is 5.33. The quantitative estimate of drug-likeness (QED) is 0.835. The summed E-state index contributed by atoms with van der Waals surface area (Å²) in [5.74, 6) is -0.304. The highest BCUT2D eigenvalue weighted by Crippen LogP contribution is 2.27. The van der Waals surface area contributed by atoms with Gasteiger partial charge in [0.2, 0.25) is 5.91 Å². The molecule has 1 amide bonds. The third-order valence-electron chi connectivity index (χ3n) is 4.51. The zero-order chi connectivity index (χ0) is 17.7. The van der Waals surface area contributed by atoms with Crippen LogP contribution in [0.15, 0.2) is 42.7 Å². The summed E-state index contributed by atoms with van der Waals surface area (Å²) >= 11 is 0. The number of carbonyl (C=O) groups is 1. The van der Waals surface area contributed by atoms with Crippen LogP contribution in [0.3, 0.4) is 0 Å². The normalized spacial score (nSPS) is 17.7. The fourth-order valence-corrected chi connectivity index (χ4v) is 3.12. The van der Waals surface area contributed by atoms with Crippen molar-refractivity contribution in [3.8, 4) is 5.75 Å². The average molecular weight is 346 g/mol. The molecule has 2 N–H and O–H groups in total. The molecule has 25 heavy (non-hydrogen) atoms. The Morgan fingerprint density at radius 2 is 2.16 bits per heavy atom. The summed E-state index contributed by atoms with van der Waals surface area (Å²) < 4.78 is 21.0. The number of rotatable bonds is 6. The largest absolute Gasteiger partial charge is 0.486 e. The van der Waals surface area contributed by atoms with Gasteiger partial charge < -0.3 is 15.4 Å². The predicted molar refractivity (Wildman–Crippen MR) is 91.8 cm³/mol. The zero-order valence-corrected chi connectivity index (χ0v) is 14.2. The monoisotopic (exact) mass is 346 g/mol. The molecule has 3 rings (SSSR count). The Morgan fingerprint density at radius 3 is 2.84 bits per heavy atom. The Morgan fingerprint density at radius 1 is 1.40 bits per heavy atom. The molecule has 0 bridgehead atoms. The number of hydrogen-bond acceptors (Lipinski definition) is 4. The predicted octanol–water partition coefficient (Wildman–Crippen LogP) is 1.68. The summed E-state index contributed by atoms with van der Waals surface area (Å²) in [4.78, 5) is 12.9. The molecule has 2 aromatic rings. The number of amides is 1. The summed E-state index contributed by atoms with van der Waals surface area (Å²) in [6.45, 7) is 3.61. The van der Waals surface area contributed by atoms with Crippen LogP contribution in [0.5, 0.6) is 5.75 Å². The van der Waals surface area contributed by atoms with E-state index in [1.165, 1.54) is 6.07 Å². The number of halogens is 1. The van der Waals surface area contributed by atoms with Gasteiger partial charge in [0.1, 0.15) is 11.6 Å². The van der Waals surface area contributed by atoms with Crippen molar-refractivity contribution < 1.29 is 13.9 Å². The molecule has 134 valence electrons. The van der Waals surface area contributed by atoms with Crippen molar-refractivity contribution in [1.82, 2.24) is 20.4 Å². The van der Waals surface area contributed by atoms with Crippen LogP contribution in [0.25, 0.3) is 0 Å².